The van der Waals surface area contributed by atoms with Gasteiger partial charge < -0.3 is 34.9 Å². The van der Waals surface area contributed by atoms with Gasteiger partial charge in [0, 0.05) is 76.2 Å². The number of hydrogen-bond acceptors (Lipinski definition) is 12. The Morgan fingerprint density at radius 1 is 0.587 bits per heavy atom. The van der Waals surface area contributed by atoms with E-state index in [1.807, 2.05) is 0 Å². The number of rotatable bonds is 30. The molecule has 5 unspecified atom stereocenters. The van der Waals surface area contributed by atoms with Crippen LogP contribution in [0.3, 0.4) is 0 Å². The summed E-state index contributed by atoms with van der Waals surface area (Å²) in [6.07, 6.45) is 15.1. The molecular weight excluding hydrogens is 815 g/mol. The summed E-state index contributed by atoms with van der Waals surface area (Å²) < 4.78 is 22.3. The lowest BCUT2D eigenvalue weighted by Gasteiger charge is -2.26. The molecule has 63 heavy (non-hydrogen) atoms. The second-order valence-electron chi connectivity index (χ2n) is 16.9. The molecule has 0 aromatic rings. The van der Waals surface area contributed by atoms with Crippen LogP contribution in [0.25, 0.3) is 0 Å². The molecule has 3 aliphatic rings. The van der Waals surface area contributed by atoms with E-state index < -0.39 is 41.5 Å². The standard InChI is InChI=1S/C46H73N5O12/c1-34-9-4-5-11-37(12-8-10-35(2)36(34)3)33-38(52)20-25-60-27-29-62-31-32-63-30-28-61-26-22-48-46(59)39(49-41(54)19-24-51-44(57)16-17-45(51)58)13-6-7-21-47-40(53)18-23-50-42(55)14-15-43(50)56/h14-17,34-37,39H,4-13,18-33H2,1-3H3,(H,47,53)(H,48,59)(H,49,54). The maximum atomic E-state index is 13.1. The van der Waals surface area contributed by atoms with Crippen LogP contribution in [-0.4, -0.2) is 142 Å². The Bertz CT molecular complexity index is 1520. The van der Waals surface area contributed by atoms with Crippen LogP contribution in [0.2, 0.25) is 0 Å². The zero-order valence-electron chi connectivity index (χ0n) is 37.9. The highest BCUT2D eigenvalue weighted by molar-refractivity contribution is 6.13. The molecule has 1 fully saturated rings. The van der Waals surface area contributed by atoms with E-state index >= 15 is 0 Å². The summed E-state index contributed by atoms with van der Waals surface area (Å²) in [4.78, 5) is 99.7. The highest BCUT2D eigenvalue weighted by atomic mass is 16.6. The highest BCUT2D eigenvalue weighted by Crippen LogP contribution is 2.32. The average molecular weight is 888 g/mol. The fourth-order valence-corrected chi connectivity index (χ4v) is 7.86. The number of nitrogens with one attached hydrogen (secondary N) is 3. The van der Waals surface area contributed by atoms with Gasteiger partial charge in [0.05, 0.1) is 52.9 Å². The van der Waals surface area contributed by atoms with Crippen molar-refractivity contribution in [3.63, 3.8) is 0 Å². The van der Waals surface area contributed by atoms with Gasteiger partial charge in [0.2, 0.25) is 17.7 Å². The first-order chi connectivity index (χ1) is 30.3. The number of ketones is 1. The average Bonchev–Trinajstić information content (AvgIpc) is 3.75. The van der Waals surface area contributed by atoms with Crippen molar-refractivity contribution < 1.29 is 57.3 Å². The van der Waals surface area contributed by atoms with Gasteiger partial charge >= 0.3 is 0 Å². The molecule has 3 N–H and O–H groups in total. The number of nitrogens with zero attached hydrogens (tertiary/aromatic N) is 2. The molecule has 2 aliphatic heterocycles. The third kappa shape index (κ3) is 21.7. The lowest BCUT2D eigenvalue weighted by atomic mass is 9.80. The van der Waals surface area contributed by atoms with Crippen LogP contribution in [0.5, 0.6) is 0 Å². The van der Waals surface area contributed by atoms with Crippen LogP contribution in [-0.2, 0) is 57.3 Å². The smallest absolute Gasteiger partial charge is 0.253 e. The number of imide groups is 2. The third-order valence-electron chi connectivity index (χ3n) is 12.1. The molecule has 0 bridgehead atoms. The summed E-state index contributed by atoms with van der Waals surface area (Å²) in [5.74, 6) is -0.165. The van der Waals surface area contributed by atoms with Gasteiger partial charge in [-0.25, -0.2) is 0 Å². The molecule has 17 nitrogen and oxygen atoms in total. The monoisotopic (exact) mass is 888 g/mol. The second kappa shape index (κ2) is 30.7. The predicted octanol–water partition coefficient (Wildman–Crippen LogP) is 3.19. The summed E-state index contributed by atoms with van der Waals surface area (Å²) in [7, 11) is 0. The van der Waals surface area contributed by atoms with Crippen LogP contribution in [0.1, 0.15) is 111 Å². The molecular formula is C46H73N5O12. The Hall–Kier alpha value is -4.32. The van der Waals surface area contributed by atoms with E-state index in [1.54, 1.807) is 0 Å². The molecule has 0 spiro atoms. The Morgan fingerprint density at radius 2 is 1.08 bits per heavy atom. The first-order valence-corrected chi connectivity index (χ1v) is 23.1. The van der Waals surface area contributed by atoms with Gasteiger partial charge in [-0.05, 0) is 42.9 Å². The van der Waals surface area contributed by atoms with E-state index in [2.05, 4.69) is 36.7 Å². The summed E-state index contributed by atoms with van der Waals surface area (Å²) in [5.41, 5.74) is 0. The Morgan fingerprint density at radius 3 is 1.67 bits per heavy atom. The molecule has 0 aromatic heterocycles. The van der Waals surface area contributed by atoms with Crippen molar-refractivity contribution in [3.8, 4) is 0 Å². The molecule has 17 heteroatoms. The SMILES string of the molecule is CC1CCCCC(CC(=O)CCOCCOCCOCCOCCNC(=O)C(CCCCNC(=O)CCN2C(=O)C=CC2=O)NC(=O)CCN2C(=O)C=CC2=O)CCCC(C)C1C. The Labute approximate surface area is 373 Å². The molecule has 1 saturated carbocycles. The van der Waals surface area contributed by atoms with Gasteiger partial charge in [-0.1, -0.05) is 65.7 Å². The summed E-state index contributed by atoms with van der Waals surface area (Å²) in [5, 5.41) is 8.16. The maximum absolute atomic E-state index is 13.1. The van der Waals surface area contributed by atoms with E-state index in [1.165, 1.54) is 32.1 Å². The van der Waals surface area contributed by atoms with Crippen molar-refractivity contribution in [2.75, 3.05) is 79.0 Å². The van der Waals surface area contributed by atoms with Gasteiger partial charge in [-0.15, -0.1) is 0 Å². The van der Waals surface area contributed by atoms with Crippen LogP contribution in [0.15, 0.2) is 24.3 Å². The molecule has 3 rings (SSSR count). The van der Waals surface area contributed by atoms with Crippen LogP contribution < -0.4 is 16.0 Å². The minimum absolute atomic E-state index is 0.0250. The van der Waals surface area contributed by atoms with E-state index in [4.69, 9.17) is 18.9 Å². The molecule has 1 aliphatic carbocycles. The van der Waals surface area contributed by atoms with Crippen molar-refractivity contribution in [1.29, 1.82) is 0 Å². The summed E-state index contributed by atoms with van der Waals surface area (Å²) in [6, 6.07) is -0.912. The second-order valence-corrected chi connectivity index (χ2v) is 16.9. The number of Topliss-reactive ketones (excluding diaryl/α,β-unsaturated/α-hetero) is 1. The predicted molar refractivity (Wildman–Crippen MR) is 234 cm³/mol. The fraction of sp³-hybridized carbons (Fsp3) is 0.739. The number of ether oxygens (including phenoxy) is 4. The van der Waals surface area contributed by atoms with Crippen molar-refractivity contribution in [3.05, 3.63) is 24.3 Å². The van der Waals surface area contributed by atoms with Crippen molar-refractivity contribution >= 4 is 47.1 Å². The zero-order valence-corrected chi connectivity index (χ0v) is 37.9. The quantitative estimate of drug-likeness (QED) is 0.0701. The normalized spacial score (nSPS) is 21.1. The number of amides is 7. The van der Waals surface area contributed by atoms with E-state index in [0.717, 1.165) is 64.7 Å². The third-order valence-corrected chi connectivity index (χ3v) is 12.1. The van der Waals surface area contributed by atoms with E-state index in [-0.39, 0.29) is 63.7 Å². The van der Waals surface area contributed by atoms with Gasteiger partial charge in [-0.3, -0.25) is 48.2 Å². The Balaban J connectivity index is 1.20. The summed E-state index contributed by atoms with van der Waals surface area (Å²) >= 11 is 0. The first kappa shape index (κ1) is 53.0. The van der Waals surface area contributed by atoms with Crippen molar-refractivity contribution in [2.24, 2.45) is 23.7 Å². The minimum Gasteiger partial charge on any atom is -0.379 e. The first-order valence-electron chi connectivity index (χ1n) is 23.1. The van der Waals surface area contributed by atoms with Gasteiger partial charge in [-0.2, -0.15) is 0 Å². The fourth-order valence-electron chi connectivity index (χ4n) is 7.86. The topological polar surface area (TPSA) is 216 Å². The molecule has 0 saturated heterocycles. The number of carbonyl (C=O) groups excluding carboxylic acids is 8. The largest absolute Gasteiger partial charge is 0.379 e. The van der Waals surface area contributed by atoms with Crippen LogP contribution in [0, 0.1) is 23.7 Å². The molecule has 2 heterocycles. The number of hydrogen-bond donors (Lipinski definition) is 3. The molecule has 7 amide bonds. The van der Waals surface area contributed by atoms with Gasteiger partial charge in [0.25, 0.3) is 23.6 Å². The Kier molecular flexibility index (Phi) is 25.8. The highest BCUT2D eigenvalue weighted by Gasteiger charge is 2.27. The van der Waals surface area contributed by atoms with E-state index in [9.17, 15) is 38.4 Å². The molecule has 354 valence electrons. The number of carbonyl (C=O) groups is 8. The van der Waals surface area contributed by atoms with Crippen molar-refractivity contribution in [2.45, 2.75) is 117 Å². The van der Waals surface area contributed by atoms with Crippen LogP contribution >= 0.6 is 0 Å². The maximum Gasteiger partial charge on any atom is 0.253 e. The lowest BCUT2D eigenvalue weighted by Crippen LogP contribution is -2.48. The number of unbranched alkanes of at least 4 members (excludes halogenated alkanes) is 1. The minimum atomic E-state index is -0.912. The van der Waals surface area contributed by atoms with Crippen LogP contribution in [0.4, 0.5) is 0 Å². The lowest BCUT2D eigenvalue weighted by molar-refractivity contribution is -0.139. The molecule has 5 atom stereocenters. The zero-order chi connectivity index (χ0) is 45.8. The molecule has 0 aromatic carbocycles. The van der Waals surface area contributed by atoms with Gasteiger partial charge in [0.15, 0.2) is 0 Å². The van der Waals surface area contributed by atoms with E-state index in [0.29, 0.717) is 77.8 Å². The van der Waals surface area contributed by atoms with Gasteiger partial charge in [0.1, 0.15) is 11.8 Å². The van der Waals surface area contributed by atoms with Crippen molar-refractivity contribution in [1.82, 2.24) is 25.8 Å². The summed E-state index contributed by atoms with van der Waals surface area (Å²) in [6.45, 7) is 10.3. The molecule has 0 radical (unpaired) electrons.